The number of carbonyl (C=O) groups excluding carboxylic acids is 2. The third-order valence-corrected chi connectivity index (χ3v) is 5.46. The number of para-hydroxylation sites is 2. The molecule has 0 saturated heterocycles. The monoisotopic (exact) mass is 423 g/mol. The standard InChI is InChI=1S/C21H21N5O3S/c1-29-18-8-3-2-7-17(18)26-13-22-25-21(26)30-12-19(27)23-16-6-4-5-14(11-16)20(28)24-15-9-10-15/h2-8,11,13,15H,9-10,12H2,1H3,(H,23,27)(H,24,28). The number of hydrogen-bond donors (Lipinski definition) is 2. The van der Waals surface area contributed by atoms with Crippen LogP contribution in [0.3, 0.4) is 0 Å². The normalized spacial score (nSPS) is 13.0. The molecule has 9 heteroatoms. The lowest BCUT2D eigenvalue weighted by Gasteiger charge is -2.11. The topological polar surface area (TPSA) is 98.1 Å². The number of ether oxygens (including phenoxy) is 1. The van der Waals surface area contributed by atoms with Crippen LogP contribution in [0.1, 0.15) is 23.2 Å². The van der Waals surface area contributed by atoms with E-state index < -0.39 is 0 Å². The van der Waals surface area contributed by atoms with Crippen LogP contribution in [-0.2, 0) is 4.79 Å². The second kappa shape index (κ2) is 9.00. The van der Waals surface area contributed by atoms with E-state index in [9.17, 15) is 9.59 Å². The van der Waals surface area contributed by atoms with E-state index in [0.717, 1.165) is 18.5 Å². The van der Waals surface area contributed by atoms with E-state index in [1.165, 1.54) is 11.8 Å². The van der Waals surface area contributed by atoms with Gasteiger partial charge < -0.3 is 15.4 Å². The van der Waals surface area contributed by atoms with Crippen molar-refractivity contribution in [2.24, 2.45) is 0 Å². The predicted molar refractivity (Wildman–Crippen MR) is 114 cm³/mol. The lowest BCUT2D eigenvalue weighted by Crippen LogP contribution is -2.25. The molecule has 1 aliphatic rings. The fraction of sp³-hybridized carbons (Fsp3) is 0.238. The van der Waals surface area contributed by atoms with E-state index in [-0.39, 0.29) is 23.6 Å². The van der Waals surface area contributed by atoms with Crippen molar-refractivity contribution in [2.75, 3.05) is 18.2 Å². The van der Waals surface area contributed by atoms with Crippen LogP contribution < -0.4 is 15.4 Å². The van der Waals surface area contributed by atoms with Gasteiger partial charge in [0.15, 0.2) is 5.16 Å². The second-order valence-electron chi connectivity index (χ2n) is 6.82. The van der Waals surface area contributed by atoms with Gasteiger partial charge in [-0.05, 0) is 43.2 Å². The summed E-state index contributed by atoms with van der Waals surface area (Å²) >= 11 is 1.26. The zero-order valence-corrected chi connectivity index (χ0v) is 17.2. The molecule has 0 atom stereocenters. The average Bonchev–Trinajstić information content (AvgIpc) is 3.45. The SMILES string of the molecule is COc1ccccc1-n1cnnc1SCC(=O)Nc1cccc(C(=O)NC2CC2)c1. The highest BCUT2D eigenvalue weighted by Crippen LogP contribution is 2.26. The van der Waals surface area contributed by atoms with Crippen molar-refractivity contribution < 1.29 is 14.3 Å². The largest absolute Gasteiger partial charge is 0.495 e. The molecule has 3 aromatic rings. The molecule has 1 fully saturated rings. The summed E-state index contributed by atoms with van der Waals surface area (Å²) in [4.78, 5) is 24.6. The van der Waals surface area contributed by atoms with Crippen LogP contribution in [0.5, 0.6) is 5.75 Å². The first-order valence-corrected chi connectivity index (χ1v) is 10.5. The van der Waals surface area contributed by atoms with Crippen LogP contribution in [-0.4, -0.2) is 45.5 Å². The number of thioether (sulfide) groups is 1. The first-order valence-electron chi connectivity index (χ1n) is 9.51. The van der Waals surface area contributed by atoms with E-state index in [2.05, 4.69) is 20.8 Å². The summed E-state index contributed by atoms with van der Waals surface area (Å²) in [7, 11) is 1.60. The molecule has 154 valence electrons. The summed E-state index contributed by atoms with van der Waals surface area (Å²) in [5, 5.41) is 14.4. The highest BCUT2D eigenvalue weighted by atomic mass is 32.2. The number of carbonyl (C=O) groups is 2. The number of amides is 2. The van der Waals surface area contributed by atoms with Crippen LogP contribution in [0.25, 0.3) is 5.69 Å². The van der Waals surface area contributed by atoms with Crippen molar-refractivity contribution in [1.29, 1.82) is 0 Å². The van der Waals surface area contributed by atoms with Gasteiger partial charge in [0, 0.05) is 17.3 Å². The lowest BCUT2D eigenvalue weighted by atomic mass is 10.2. The van der Waals surface area contributed by atoms with Gasteiger partial charge in [-0.25, -0.2) is 0 Å². The van der Waals surface area contributed by atoms with Gasteiger partial charge in [0.2, 0.25) is 5.91 Å². The molecule has 0 aliphatic heterocycles. The van der Waals surface area contributed by atoms with Crippen molar-refractivity contribution in [3.8, 4) is 11.4 Å². The number of nitrogens with one attached hydrogen (secondary N) is 2. The molecule has 2 amide bonds. The number of rotatable bonds is 8. The van der Waals surface area contributed by atoms with Crippen molar-refractivity contribution >= 4 is 29.3 Å². The number of benzene rings is 2. The zero-order valence-electron chi connectivity index (χ0n) is 16.4. The Kier molecular flexibility index (Phi) is 5.99. The average molecular weight is 423 g/mol. The van der Waals surface area contributed by atoms with Gasteiger partial charge in [-0.3, -0.25) is 14.2 Å². The molecular formula is C21H21N5O3S. The van der Waals surface area contributed by atoms with Crippen LogP contribution in [0.4, 0.5) is 5.69 Å². The molecule has 0 spiro atoms. The van der Waals surface area contributed by atoms with Gasteiger partial charge in [-0.15, -0.1) is 10.2 Å². The minimum atomic E-state index is -0.200. The Bertz CT molecular complexity index is 1060. The molecule has 0 radical (unpaired) electrons. The van der Waals surface area contributed by atoms with Gasteiger partial charge in [-0.2, -0.15) is 0 Å². The maximum atomic E-state index is 12.4. The number of hydrogen-bond acceptors (Lipinski definition) is 6. The summed E-state index contributed by atoms with van der Waals surface area (Å²) < 4.78 is 7.17. The molecule has 4 rings (SSSR count). The minimum Gasteiger partial charge on any atom is -0.495 e. The number of aromatic nitrogens is 3. The van der Waals surface area contributed by atoms with Crippen LogP contribution in [0.2, 0.25) is 0 Å². The van der Waals surface area contributed by atoms with Crippen LogP contribution >= 0.6 is 11.8 Å². The van der Waals surface area contributed by atoms with Crippen LogP contribution in [0.15, 0.2) is 60.0 Å². The van der Waals surface area contributed by atoms with Gasteiger partial charge in [0.05, 0.1) is 18.6 Å². The maximum absolute atomic E-state index is 12.4. The van der Waals surface area contributed by atoms with Gasteiger partial charge in [0.1, 0.15) is 12.1 Å². The lowest BCUT2D eigenvalue weighted by molar-refractivity contribution is -0.113. The van der Waals surface area contributed by atoms with E-state index >= 15 is 0 Å². The Morgan fingerprint density at radius 1 is 1.20 bits per heavy atom. The first kappa shape index (κ1) is 20.0. The predicted octanol–water partition coefficient (Wildman–Crippen LogP) is 2.90. The first-order chi connectivity index (χ1) is 14.6. The third kappa shape index (κ3) is 4.80. The quantitative estimate of drug-likeness (QED) is 0.541. The number of methoxy groups -OCH3 is 1. The molecule has 0 bridgehead atoms. The summed E-state index contributed by atoms with van der Waals surface area (Å²) in [6.45, 7) is 0. The summed E-state index contributed by atoms with van der Waals surface area (Å²) in [5.41, 5.74) is 1.90. The Balaban J connectivity index is 1.38. The highest BCUT2D eigenvalue weighted by molar-refractivity contribution is 7.99. The van der Waals surface area contributed by atoms with E-state index in [0.29, 0.717) is 22.2 Å². The Morgan fingerprint density at radius 2 is 2.03 bits per heavy atom. The zero-order chi connectivity index (χ0) is 20.9. The summed E-state index contributed by atoms with van der Waals surface area (Å²) in [5.74, 6) is 0.513. The van der Waals surface area contributed by atoms with Crippen molar-refractivity contribution in [3.63, 3.8) is 0 Å². The molecule has 0 unspecified atom stereocenters. The van der Waals surface area contributed by atoms with Crippen LogP contribution in [0, 0.1) is 0 Å². The Morgan fingerprint density at radius 3 is 2.83 bits per heavy atom. The summed E-state index contributed by atoms with van der Waals surface area (Å²) in [6, 6.07) is 14.7. The summed E-state index contributed by atoms with van der Waals surface area (Å²) in [6.07, 6.45) is 3.64. The van der Waals surface area contributed by atoms with Crippen molar-refractivity contribution in [2.45, 2.75) is 24.0 Å². The van der Waals surface area contributed by atoms with E-state index in [1.807, 2.05) is 24.3 Å². The van der Waals surface area contributed by atoms with Crippen molar-refractivity contribution in [3.05, 3.63) is 60.4 Å². The molecule has 2 N–H and O–H groups in total. The maximum Gasteiger partial charge on any atom is 0.251 e. The molecule has 1 heterocycles. The van der Waals surface area contributed by atoms with E-state index in [4.69, 9.17) is 4.74 Å². The molecule has 1 aliphatic carbocycles. The second-order valence-corrected chi connectivity index (χ2v) is 7.76. The third-order valence-electron chi connectivity index (χ3n) is 4.51. The number of nitrogens with zero attached hydrogens (tertiary/aromatic N) is 3. The molecular weight excluding hydrogens is 402 g/mol. The molecule has 1 saturated carbocycles. The Hall–Kier alpha value is -3.33. The molecule has 1 aromatic heterocycles. The van der Waals surface area contributed by atoms with Crippen molar-refractivity contribution in [1.82, 2.24) is 20.1 Å². The minimum absolute atomic E-state index is 0.118. The fourth-order valence-corrected chi connectivity index (χ4v) is 3.60. The van der Waals surface area contributed by atoms with Gasteiger partial charge >= 0.3 is 0 Å². The van der Waals surface area contributed by atoms with Gasteiger partial charge in [0.25, 0.3) is 5.91 Å². The van der Waals surface area contributed by atoms with E-state index in [1.54, 1.807) is 42.3 Å². The Labute approximate surface area is 178 Å². The fourth-order valence-electron chi connectivity index (χ4n) is 2.88. The molecule has 8 nitrogen and oxygen atoms in total. The smallest absolute Gasteiger partial charge is 0.251 e. The number of anilines is 1. The molecule has 2 aromatic carbocycles. The highest BCUT2D eigenvalue weighted by Gasteiger charge is 2.23. The molecule has 30 heavy (non-hydrogen) atoms. The van der Waals surface area contributed by atoms with Gasteiger partial charge in [-0.1, -0.05) is 30.0 Å².